The third-order valence-electron chi connectivity index (χ3n) is 3.59. The van der Waals surface area contributed by atoms with E-state index in [0.29, 0.717) is 22.1 Å². The Morgan fingerprint density at radius 1 is 1.21 bits per heavy atom. The Labute approximate surface area is 141 Å². The van der Waals surface area contributed by atoms with Crippen LogP contribution in [0.15, 0.2) is 47.4 Å². The van der Waals surface area contributed by atoms with Crippen molar-refractivity contribution in [2.75, 3.05) is 12.1 Å². The molecule has 24 heavy (non-hydrogen) atoms. The molecule has 2 aliphatic heterocycles. The van der Waals surface area contributed by atoms with E-state index in [-0.39, 0.29) is 18.5 Å². The van der Waals surface area contributed by atoms with E-state index in [2.05, 4.69) is 10.6 Å². The van der Waals surface area contributed by atoms with Crippen molar-refractivity contribution in [2.24, 2.45) is 0 Å². The van der Waals surface area contributed by atoms with Crippen molar-refractivity contribution in [1.82, 2.24) is 5.32 Å². The number of anilines is 1. The van der Waals surface area contributed by atoms with Gasteiger partial charge in [0.05, 0.1) is 10.6 Å². The van der Waals surface area contributed by atoms with Gasteiger partial charge in [0.1, 0.15) is 5.82 Å². The smallest absolute Gasteiger partial charge is 0.260 e. The van der Waals surface area contributed by atoms with Gasteiger partial charge >= 0.3 is 0 Å². The van der Waals surface area contributed by atoms with Crippen LogP contribution in [0.3, 0.4) is 0 Å². The van der Waals surface area contributed by atoms with Crippen molar-refractivity contribution in [3.05, 3.63) is 58.8 Å². The maximum atomic E-state index is 13.7. The summed E-state index contributed by atoms with van der Waals surface area (Å²) >= 11 is 1.30. The van der Waals surface area contributed by atoms with Gasteiger partial charge in [0, 0.05) is 0 Å². The van der Waals surface area contributed by atoms with Crippen LogP contribution in [0.2, 0.25) is 0 Å². The van der Waals surface area contributed by atoms with Crippen LogP contribution < -0.4 is 20.1 Å². The van der Waals surface area contributed by atoms with E-state index in [9.17, 15) is 9.18 Å². The molecule has 1 amide bonds. The highest BCUT2D eigenvalue weighted by Crippen LogP contribution is 2.35. The molecule has 0 aromatic heterocycles. The molecule has 2 heterocycles. The summed E-state index contributed by atoms with van der Waals surface area (Å²) in [7, 11) is 0. The Balaban J connectivity index is 1.51. The highest BCUT2D eigenvalue weighted by molar-refractivity contribution is 8.05. The van der Waals surface area contributed by atoms with Crippen molar-refractivity contribution in [3.8, 4) is 11.5 Å². The molecule has 2 N–H and O–H groups in total. The first-order valence-electron chi connectivity index (χ1n) is 7.29. The molecular weight excluding hydrogens is 331 g/mol. The number of amides is 1. The van der Waals surface area contributed by atoms with Crippen LogP contribution in [0.5, 0.6) is 11.5 Å². The van der Waals surface area contributed by atoms with Gasteiger partial charge in [-0.15, -0.1) is 0 Å². The molecule has 0 spiro atoms. The Hall–Kier alpha value is -2.67. The quantitative estimate of drug-likeness (QED) is 0.838. The molecule has 0 saturated carbocycles. The van der Waals surface area contributed by atoms with E-state index in [0.717, 1.165) is 5.56 Å². The lowest BCUT2D eigenvalue weighted by molar-refractivity contribution is -0.116. The number of benzene rings is 2. The van der Waals surface area contributed by atoms with Gasteiger partial charge in [-0.1, -0.05) is 30.0 Å². The van der Waals surface area contributed by atoms with Crippen molar-refractivity contribution in [3.63, 3.8) is 0 Å². The van der Waals surface area contributed by atoms with Crippen LogP contribution in [0.4, 0.5) is 10.1 Å². The average Bonchev–Trinajstić information content (AvgIpc) is 3.16. The van der Waals surface area contributed by atoms with Crippen LogP contribution >= 0.6 is 11.8 Å². The molecule has 0 bridgehead atoms. The molecule has 2 aromatic carbocycles. The second kappa shape index (κ2) is 6.09. The first-order chi connectivity index (χ1) is 11.7. The van der Waals surface area contributed by atoms with Gasteiger partial charge in [-0.05, 0) is 35.9 Å². The van der Waals surface area contributed by atoms with Crippen LogP contribution in [0.1, 0.15) is 5.56 Å². The lowest BCUT2D eigenvalue weighted by Gasteiger charge is -2.12. The number of para-hydroxylation sites is 1. The summed E-state index contributed by atoms with van der Waals surface area (Å²) < 4.78 is 24.3. The topological polar surface area (TPSA) is 59.6 Å². The number of thioether (sulfide) groups is 1. The second-order valence-electron chi connectivity index (χ2n) is 5.22. The maximum absolute atomic E-state index is 13.7. The molecule has 1 fully saturated rings. The normalized spacial score (nSPS) is 20.3. The average molecular weight is 344 g/mol. The Morgan fingerprint density at radius 3 is 2.92 bits per heavy atom. The summed E-state index contributed by atoms with van der Waals surface area (Å²) in [5, 5.41) is 5.74. The maximum Gasteiger partial charge on any atom is 0.260 e. The number of hydrogen-bond acceptors (Lipinski definition) is 5. The van der Waals surface area contributed by atoms with Gasteiger partial charge in [-0.2, -0.15) is 0 Å². The molecule has 1 atom stereocenters. The Morgan fingerprint density at radius 2 is 2.04 bits per heavy atom. The van der Waals surface area contributed by atoms with Gasteiger partial charge in [0.2, 0.25) is 6.79 Å². The zero-order valence-electron chi connectivity index (χ0n) is 12.4. The van der Waals surface area contributed by atoms with Crippen molar-refractivity contribution >= 4 is 29.4 Å². The largest absolute Gasteiger partial charge is 0.454 e. The monoisotopic (exact) mass is 344 g/mol. The molecule has 122 valence electrons. The molecule has 1 saturated heterocycles. The molecule has 5 nitrogen and oxygen atoms in total. The van der Waals surface area contributed by atoms with E-state index in [1.807, 2.05) is 12.1 Å². The number of fused-ring (bicyclic) bond motifs is 1. The highest BCUT2D eigenvalue weighted by atomic mass is 32.2. The van der Waals surface area contributed by atoms with Crippen molar-refractivity contribution < 1.29 is 18.7 Å². The minimum atomic E-state index is -0.422. The van der Waals surface area contributed by atoms with Crippen LogP contribution in [0, 0.1) is 5.82 Å². The fourth-order valence-corrected chi connectivity index (χ4v) is 3.41. The van der Waals surface area contributed by atoms with Gasteiger partial charge in [0.25, 0.3) is 5.91 Å². The van der Waals surface area contributed by atoms with E-state index in [1.54, 1.807) is 30.3 Å². The standard InChI is InChI=1S/C17H13FN2O3S/c18-11-3-1-2-4-12(11)19-17-20-16(21)15(24-17)8-10-5-6-13-14(7-10)23-9-22-13/h1-8,17,19H,9H2,(H,20,21)/b15-8-. The zero-order chi connectivity index (χ0) is 16.5. The number of ether oxygens (including phenoxy) is 2. The first-order valence-corrected chi connectivity index (χ1v) is 8.17. The fourth-order valence-electron chi connectivity index (χ4n) is 2.44. The molecule has 4 rings (SSSR count). The Kier molecular flexibility index (Phi) is 3.78. The second-order valence-corrected chi connectivity index (χ2v) is 6.36. The SMILES string of the molecule is O=C1NC(Nc2ccccc2F)S/C1=C\c1ccc2c(c1)OCO2. The molecule has 0 aliphatic carbocycles. The van der Waals surface area contributed by atoms with Gasteiger partial charge < -0.3 is 20.1 Å². The van der Waals surface area contributed by atoms with E-state index in [1.165, 1.54) is 17.8 Å². The number of carbonyl (C=O) groups is 1. The minimum absolute atomic E-state index is 0.202. The molecule has 2 aromatic rings. The van der Waals surface area contributed by atoms with Gasteiger partial charge in [-0.25, -0.2) is 4.39 Å². The number of nitrogens with one attached hydrogen (secondary N) is 2. The van der Waals surface area contributed by atoms with E-state index >= 15 is 0 Å². The molecule has 1 unspecified atom stereocenters. The zero-order valence-corrected chi connectivity index (χ0v) is 13.2. The minimum Gasteiger partial charge on any atom is -0.454 e. The predicted octanol–water partition coefficient (Wildman–Crippen LogP) is 3.15. The Bertz CT molecular complexity index is 840. The first kappa shape index (κ1) is 14.9. The van der Waals surface area contributed by atoms with Crippen LogP contribution in [-0.4, -0.2) is 18.2 Å². The number of halogens is 1. The number of rotatable bonds is 3. The third kappa shape index (κ3) is 2.90. The summed E-state index contributed by atoms with van der Waals surface area (Å²) in [5.41, 5.74) is 0.762. The summed E-state index contributed by atoms with van der Waals surface area (Å²) in [5.74, 6) is 0.792. The van der Waals surface area contributed by atoms with Gasteiger partial charge in [-0.3, -0.25) is 4.79 Å². The van der Waals surface area contributed by atoms with Crippen LogP contribution in [0.25, 0.3) is 6.08 Å². The van der Waals surface area contributed by atoms with Crippen LogP contribution in [-0.2, 0) is 4.79 Å². The van der Waals surface area contributed by atoms with Crippen molar-refractivity contribution in [1.29, 1.82) is 0 Å². The predicted molar refractivity (Wildman–Crippen MR) is 90.1 cm³/mol. The van der Waals surface area contributed by atoms with Gasteiger partial charge in [0.15, 0.2) is 17.0 Å². The number of carbonyl (C=O) groups excluding carboxylic acids is 1. The lowest BCUT2D eigenvalue weighted by atomic mass is 10.2. The molecule has 2 aliphatic rings. The molecular formula is C17H13FN2O3S. The van der Waals surface area contributed by atoms with Crippen molar-refractivity contribution in [2.45, 2.75) is 5.50 Å². The van der Waals surface area contributed by atoms with E-state index < -0.39 is 5.50 Å². The fraction of sp³-hybridized carbons (Fsp3) is 0.118. The molecule has 0 radical (unpaired) electrons. The summed E-state index contributed by atoms with van der Waals surface area (Å²) in [6, 6.07) is 11.8. The van der Waals surface area contributed by atoms with E-state index in [4.69, 9.17) is 9.47 Å². The summed E-state index contributed by atoms with van der Waals surface area (Å²) in [4.78, 5) is 12.7. The third-order valence-corrected chi connectivity index (χ3v) is 4.61. The molecule has 7 heteroatoms. The summed E-state index contributed by atoms with van der Waals surface area (Å²) in [6.07, 6.45) is 1.77. The lowest BCUT2D eigenvalue weighted by Crippen LogP contribution is -2.31. The number of hydrogen-bond donors (Lipinski definition) is 2. The summed E-state index contributed by atoms with van der Waals surface area (Å²) in [6.45, 7) is 0.208. The highest BCUT2D eigenvalue weighted by Gasteiger charge is 2.27.